The van der Waals surface area contributed by atoms with Crippen molar-refractivity contribution in [1.29, 1.82) is 0 Å². The van der Waals surface area contributed by atoms with E-state index < -0.39 is 0 Å². The van der Waals surface area contributed by atoms with Crippen LogP contribution in [-0.4, -0.2) is 0 Å². The average Bonchev–Trinajstić information content (AvgIpc) is 2.03. The van der Waals surface area contributed by atoms with Crippen LogP contribution in [0.3, 0.4) is 0 Å². The third-order valence-corrected chi connectivity index (χ3v) is 1.17. The highest BCUT2D eigenvalue weighted by atomic mass is 13.7. The van der Waals surface area contributed by atoms with Crippen LogP contribution in [0.4, 0.5) is 0 Å². The summed E-state index contributed by atoms with van der Waals surface area (Å²) in [5.41, 5.74) is 0. The van der Waals surface area contributed by atoms with Crippen molar-refractivity contribution >= 4 is 0 Å². The van der Waals surface area contributed by atoms with Gasteiger partial charge < -0.3 is 0 Å². The van der Waals surface area contributed by atoms with E-state index in [0.29, 0.717) is 0 Å². The zero-order valence-corrected chi connectivity index (χ0v) is 7.16. The number of unbranched alkanes of at least 4 members (excludes halogenated alkanes) is 1. The van der Waals surface area contributed by atoms with Gasteiger partial charge in [-0.1, -0.05) is 62.5 Å². The van der Waals surface area contributed by atoms with E-state index in [0.717, 1.165) is 6.42 Å². The molecule has 0 unspecified atom stereocenters. The van der Waals surface area contributed by atoms with Crippen LogP contribution >= 0.6 is 0 Å². The fraction of sp³-hybridized carbons (Fsp3) is 0.273. The van der Waals surface area contributed by atoms with Crippen LogP contribution in [0.25, 0.3) is 0 Å². The first kappa shape index (κ1) is 9.96. The number of hydrogen-bond donors (Lipinski definition) is 0. The minimum Gasteiger partial charge on any atom is -0.0991 e. The first-order valence-electron chi connectivity index (χ1n) is 4.02. The van der Waals surface area contributed by atoms with Crippen molar-refractivity contribution < 1.29 is 0 Å². The van der Waals surface area contributed by atoms with E-state index in [-0.39, 0.29) is 0 Å². The molecule has 0 N–H and O–H groups in total. The van der Waals surface area contributed by atoms with Crippen molar-refractivity contribution in [3.8, 4) is 0 Å². The maximum absolute atomic E-state index is 3.57. The quantitative estimate of drug-likeness (QED) is 0.522. The fourth-order valence-corrected chi connectivity index (χ4v) is 0.612. The second kappa shape index (κ2) is 8.96. The van der Waals surface area contributed by atoms with Gasteiger partial charge in [-0.05, 0) is 6.42 Å². The van der Waals surface area contributed by atoms with E-state index >= 15 is 0 Å². The Kier molecular flexibility index (Phi) is 8.11. The van der Waals surface area contributed by atoms with E-state index in [1.807, 2.05) is 24.3 Å². The molecule has 0 aliphatic rings. The molecular formula is C11H16. The maximum Gasteiger partial charge on any atom is -0.0350 e. The summed E-state index contributed by atoms with van der Waals surface area (Å²) in [6.07, 6.45) is 16.3. The summed E-state index contributed by atoms with van der Waals surface area (Å²) < 4.78 is 0. The number of allylic oxidation sites excluding steroid dienone is 7. The molecule has 0 heteroatoms. The SMILES string of the molecule is C=C/C=C/C=C/C=C\CCC. The van der Waals surface area contributed by atoms with Crippen LogP contribution < -0.4 is 0 Å². The summed E-state index contributed by atoms with van der Waals surface area (Å²) in [7, 11) is 0. The van der Waals surface area contributed by atoms with E-state index in [1.54, 1.807) is 6.08 Å². The Morgan fingerprint density at radius 2 is 1.64 bits per heavy atom. The topological polar surface area (TPSA) is 0 Å². The fourth-order valence-electron chi connectivity index (χ4n) is 0.612. The molecule has 11 heavy (non-hydrogen) atoms. The van der Waals surface area contributed by atoms with E-state index in [2.05, 4.69) is 25.7 Å². The van der Waals surface area contributed by atoms with Gasteiger partial charge in [0.1, 0.15) is 0 Å². The molecule has 0 aromatic heterocycles. The summed E-state index contributed by atoms with van der Waals surface area (Å²) in [6.45, 7) is 5.74. The van der Waals surface area contributed by atoms with Crippen molar-refractivity contribution in [2.45, 2.75) is 19.8 Å². The second-order valence-corrected chi connectivity index (χ2v) is 2.22. The Balaban J connectivity index is 3.42. The van der Waals surface area contributed by atoms with Crippen LogP contribution in [0.5, 0.6) is 0 Å². The second-order valence-electron chi connectivity index (χ2n) is 2.22. The third kappa shape index (κ3) is 8.96. The zero-order chi connectivity index (χ0) is 8.36. The Labute approximate surface area is 69.6 Å². The molecule has 0 aliphatic carbocycles. The van der Waals surface area contributed by atoms with E-state index in [4.69, 9.17) is 0 Å². The smallest absolute Gasteiger partial charge is 0.0350 e. The van der Waals surface area contributed by atoms with Gasteiger partial charge in [0.05, 0.1) is 0 Å². The van der Waals surface area contributed by atoms with Gasteiger partial charge in [-0.25, -0.2) is 0 Å². The van der Waals surface area contributed by atoms with E-state index in [1.165, 1.54) is 6.42 Å². The number of rotatable bonds is 5. The first-order chi connectivity index (χ1) is 5.41. The summed E-state index contributed by atoms with van der Waals surface area (Å²) in [6, 6.07) is 0. The summed E-state index contributed by atoms with van der Waals surface area (Å²) in [4.78, 5) is 0. The Hall–Kier alpha value is -1.04. The van der Waals surface area contributed by atoms with Crippen molar-refractivity contribution in [2.75, 3.05) is 0 Å². The van der Waals surface area contributed by atoms with Gasteiger partial charge in [0.2, 0.25) is 0 Å². The van der Waals surface area contributed by atoms with Crippen LogP contribution in [0.1, 0.15) is 19.8 Å². The highest BCUT2D eigenvalue weighted by Gasteiger charge is 1.68. The number of hydrogen-bond acceptors (Lipinski definition) is 0. The van der Waals surface area contributed by atoms with Gasteiger partial charge in [-0.15, -0.1) is 0 Å². The normalized spacial score (nSPS) is 12.1. The summed E-state index contributed by atoms with van der Waals surface area (Å²) >= 11 is 0. The zero-order valence-electron chi connectivity index (χ0n) is 7.16. The molecule has 60 valence electrons. The molecule has 0 atom stereocenters. The molecule has 0 amide bonds. The third-order valence-electron chi connectivity index (χ3n) is 1.17. The van der Waals surface area contributed by atoms with Gasteiger partial charge in [0, 0.05) is 0 Å². The highest BCUT2D eigenvalue weighted by molar-refractivity contribution is 5.14. The molecular weight excluding hydrogens is 132 g/mol. The monoisotopic (exact) mass is 148 g/mol. The Morgan fingerprint density at radius 3 is 2.27 bits per heavy atom. The molecule has 0 saturated carbocycles. The summed E-state index contributed by atoms with van der Waals surface area (Å²) in [5.74, 6) is 0. The molecule has 0 aromatic rings. The van der Waals surface area contributed by atoms with Crippen molar-refractivity contribution in [3.05, 3.63) is 49.1 Å². The maximum atomic E-state index is 3.57. The van der Waals surface area contributed by atoms with Crippen LogP contribution in [0.2, 0.25) is 0 Å². The van der Waals surface area contributed by atoms with E-state index in [9.17, 15) is 0 Å². The lowest BCUT2D eigenvalue weighted by molar-refractivity contribution is 0.959. The van der Waals surface area contributed by atoms with Crippen LogP contribution in [0.15, 0.2) is 49.1 Å². The first-order valence-corrected chi connectivity index (χ1v) is 4.02. The largest absolute Gasteiger partial charge is 0.0991 e. The van der Waals surface area contributed by atoms with Crippen LogP contribution in [0, 0.1) is 0 Å². The molecule has 0 saturated heterocycles. The molecule has 0 bridgehead atoms. The van der Waals surface area contributed by atoms with Gasteiger partial charge in [0.25, 0.3) is 0 Å². The predicted octanol–water partition coefficient (Wildman–Crippen LogP) is 3.64. The Bertz CT molecular complexity index is 159. The standard InChI is InChI=1S/C11H16/c1-3-5-7-9-11-10-8-6-4-2/h3,5,7-11H,1,4,6H2,2H3/b7-5+,10-8-,11-9+. The Morgan fingerprint density at radius 1 is 1.00 bits per heavy atom. The van der Waals surface area contributed by atoms with Gasteiger partial charge in [-0.3, -0.25) is 0 Å². The minimum atomic E-state index is 1.16. The molecule has 0 spiro atoms. The van der Waals surface area contributed by atoms with Crippen LogP contribution in [-0.2, 0) is 0 Å². The molecule has 0 aliphatic heterocycles. The molecule has 0 rings (SSSR count). The molecule has 0 nitrogen and oxygen atoms in total. The molecule has 0 fully saturated rings. The van der Waals surface area contributed by atoms with Gasteiger partial charge in [0.15, 0.2) is 0 Å². The van der Waals surface area contributed by atoms with Crippen molar-refractivity contribution in [3.63, 3.8) is 0 Å². The van der Waals surface area contributed by atoms with Gasteiger partial charge in [-0.2, -0.15) is 0 Å². The van der Waals surface area contributed by atoms with Gasteiger partial charge >= 0.3 is 0 Å². The molecule has 0 aromatic carbocycles. The lowest BCUT2D eigenvalue weighted by Crippen LogP contribution is -1.58. The molecule has 0 heterocycles. The minimum absolute atomic E-state index is 1.16. The van der Waals surface area contributed by atoms with Crippen molar-refractivity contribution in [2.24, 2.45) is 0 Å². The predicted molar refractivity (Wildman–Crippen MR) is 52.5 cm³/mol. The highest BCUT2D eigenvalue weighted by Crippen LogP contribution is 1.88. The molecule has 0 radical (unpaired) electrons. The summed E-state index contributed by atoms with van der Waals surface area (Å²) in [5, 5.41) is 0. The lowest BCUT2D eigenvalue weighted by Gasteiger charge is -1.79. The van der Waals surface area contributed by atoms with Crippen molar-refractivity contribution in [1.82, 2.24) is 0 Å². The lowest BCUT2D eigenvalue weighted by atomic mass is 10.3. The average molecular weight is 148 g/mol.